The predicted octanol–water partition coefficient (Wildman–Crippen LogP) is 4.12. The Bertz CT molecular complexity index is 1110. The number of amides is 2. The Morgan fingerprint density at radius 2 is 1.94 bits per heavy atom. The Labute approximate surface area is 186 Å². The van der Waals surface area contributed by atoms with Gasteiger partial charge in [0.2, 0.25) is 0 Å². The fraction of sp³-hybridized carbons (Fsp3) is 0.375. The van der Waals surface area contributed by atoms with Crippen molar-refractivity contribution in [2.75, 3.05) is 11.9 Å². The molecule has 3 N–H and O–H groups in total. The molecule has 1 aromatic carbocycles. The van der Waals surface area contributed by atoms with E-state index in [4.69, 9.17) is 4.74 Å². The van der Waals surface area contributed by atoms with Crippen molar-refractivity contribution >= 4 is 35.1 Å². The first-order valence-corrected chi connectivity index (χ1v) is 10.5. The first-order chi connectivity index (χ1) is 15.0. The molecule has 0 unspecified atom stereocenters. The maximum absolute atomic E-state index is 13.7. The van der Waals surface area contributed by atoms with Crippen LogP contribution in [0.2, 0.25) is 0 Å². The number of aromatic nitrogens is 1. The van der Waals surface area contributed by atoms with Crippen LogP contribution in [0.5, 0.6) is 0 Å². The van der Waals surface area contributed by atoms with Crippen molar-refractivity contribution in [3.8, 4) is 0 Å². The zero-order valence-corrected chi connectivity index (χ0v) is 18.9. The Morgan fingerprint density at radius 1 is 1.22 bits per heavy atom. The van der Waals surface area contributed by atoms with E-state index in [9.17, 15) is 18.8 Å². The van der Waals surface area contributed by atoms with Crippen molar-refractivity contribution in [3.05, 3.63) is 52.1 Å². The highest BCUT2D eigenvalue weighted by atomic mass is 19.1. The molecule has 1 aromatic heterocycles. The Hall–Kier alpha value is -3.42. The van der Waals surface area contributed by atoms with Gasteiger partial charge in [-0.25, -0.2) is 4.39 Å². The summed E-state index contributed by atoms with van der Waals surface area (Å²) < 4.78 is 18.9. The largest absolute Gasteiger partial charge is 0.460 e. The Morgan fingerprint density at radius 3 is 2.62 bits per heavy atom. The summed E-state index contributed by atoms with van der Waals surface area (Å²) in [5.74, 6) is -1.34. The van der Waals surface area contributed by atoms with Crippen LogP contribution in [0.4, 0.5) is 10.1 Å². The second-order valence-electron chi connectivity index (χ2n) is 8.81. The molecule has 1 aliphatic heterocycles. The number of esters is 1. The molecule has 0 radical (unpaired) electrons. The van der Waals surface area contributed by atoms with Gasteiger partial charge in [-0.2, -0.15) is 0 Å². The summed E-state index contributed by atoms with van der Waals surface area (Å²) in [5.41, 5.74) is 3.23. The van der Waals surface area contributed by atoms with E-state index in [1.165, 1.54) is 18.2 Å². The van der Waals surface area contributed by atoms with Crippen molar-refractivity contribution < 1.29 is 23.5 Å². The van der Waals surface area contributed by atoms with E-state index in [2.05, 4.69) is 15.6 Å². The van der Waals surface area contributed by atoms with Gasteiger partial charge in [-0.05, 0) is 70.9 Å². The molecule has 0 aliphatic carbocycles. The number of aromatic amines is 1. The van der Waals surface area contributed by atoms with Crippen LogP contribution in [0.15, 0.2) is 18.2 Å². The third-order valence-electron chi connectivity index (χ3n) is 5.02. The minimum Gasteiger partial charge on any atom is -0.460 e. The van der Waals surface area contributed by atoms with Crippen LogP contribution < -0.4 is 10.6 Å². The summed E-state index contributed by atoms with van der Waals surface area (Å²) in [6.07, 6.45) is 2.30. The zero-order valence-electron chi connectivity index (χ0n) is 18.9. The zero-order chi connectivity index (χ0) is 23.6. The Kier molecular flexibility index (Phi) is 6.52. The predicted molar refractivity (Wildman–Crippen MR) is 121 cm³/mol. The fourth-order valence-corrected chi connectivity index (χ4v) is 3.62. The minimum atomic E-state index is -0.535. The molecule has 170 valence electrons. The molecule has 0 saturated carbocycles. The van der Waals surface area contributed by atoms with Gasteiger partial charge in [-0.3, -0.25) is 14.4 Å². The molecule has 1 aliphatic rings. The molecule has 3 rings (SSSR count). The van der Waals surface area contributed by atoms with E-state index in [1.54, 1.807) is 40.7 Å². The third kappa shape index (κ3) is 5.25. The van der Waals surface area contributed by atoms with Crippen LogP contribution in [0.25, 0.3) is 11.6 Å². The van der Waals surface area contributed by atoms with Crippen LogP contribution in [0, 0.1) is 19.7 Å². The first-order valence-electron chi connectivity index (χ1n) is 10.5. The molecular formula is C24H28FN3O4. The van der Waals surface area contributed by atoms with E-state index >= 15 is 0 Å². The normalized spacial score (nSPS) is 14.3. The lowest BCUT2D eigenvalue weighted by Gasteiger charge is -2.19. The number of anilines is 1. The van der Waals surface area contributed by atoms with Crippen molar-refractivity contribution in [1.82, 2.24) is 10.3 Å². The van der Waals surface area contributed by atoms with Gasteiger partial charge >= 0.3 is 5.97 Å². The van der Waals surface area contributed by atoms with Gasteiger partial charge in [0, 0.05) is 35.6 Å². The second-order valence-corrected chi connectivity index (χ2v) is 8.81. The number of benzene rings is 1. The smallest absolute Gasteiger partial charge is 0.306 e. The van der Waals surface area contributed by atoms with Gasteiger partial charge in [0.05, 0.1) is 11.1 Å². The van der Waals surface area contributed by atoms with E-state index in [-0.39, 0.29) is 24.2 Å². The number of rotatable bonds is 6. The summed E-state index contributed by atoms with van der Waals surface area (Å²) in [4.78, 5) is 40.0. The Balaban J connectivity index is 1.70. The van der Waals surface area contributed by atoms with Crippen LogP contribution >= 0.6 is 0 Å². The number of halogens is 1. The lowest BCUT2D eigenvalue weighted by Crippen LogP contribution is -2.27. The molecule has 7 nitrogen and oxygen atoms in total. The van der Waals surface area contributed by atoms with Crippen LogP contribution in [0.3, 0.4) is 0 Å². The summed E-state index contributed by atoms with van der Waals surface area (Å²) in [6, 6.07) is 4.12. The lowest BCUT2D eigenvalue weighted by atomic mass is 10.0. The monoisotopic (exact) mass is 441 g/mol. The number of aryl methyl sites for hydroxylation is 1. The van der Waals surface area contributed by atoms with Gasteiger partial charge in [-0.1, -0.05) is 0 Å². The molecule has 0 spiro atoms. The van der Waals surface area contributed by atoms with Crippen LogP contribution in [-0.2, 0) is 14.3 Å². The number of carbonyl (C=O) groups is 3. The average molecular weight is 442 g/mol. The van der Waals surface area contributed by atoms with Crippen LogP contribution in [-0.4, -0.2) is 34.9 Å². The fourth-order valence-electron chi connectivity index (χ4n) is 3.62. The van der Waals surface area contributed by atoms with Gasteiger partial charge in [0.1, 0.15) is 11.4 Å². The molecule has 32 heavy (non-hydrogen) atoms. The molecule has 2 heterocycles. The van der Waals surface area contributed by atoms with Gasteiger partial charge in [0.15, 0.2) is 0 Å². The van der Waals surface area contributed by atoms with Crippen molar-refractivity contribution in [1.29, 1.82) is 0 Å². The minimum absolute atomic E-state index is 0.213. The van der Waals surface area contributed by atoms with Gasteiger partial charge < -0.3 is 20.4 Å². The van der Waals surface area contributed by atoms with Gasteiger partial charge in [0.25, 0.3) is 11.8 Å². The molecule has 2 amide bonds. The summed E-state index contributed by atoms with van der Waals surface area (Å²) >= 11 is 0. The van der Waals surface area contributed by atoms with Crippen molar-refractivity contribution in [2.45, 2.75) is 53.1 Å². The van der Waals surface area contributed by atoms with Crippen molar-refractivity contribution in [3.63, 3.8) is 0 Å². The highest BCUT2D eigenvalue weighted by Gasteiger charge is 2.26. The maximum Gasteiger partial charge on any atom is 0.306 e. The molecule has 0 bridgehead atoms. The lowest BCUT2D eigenvalue weighted by molar-refractivity contribution is -0.154. The number of carbonyl (C=O) groups excluding carboxylic acids is 3. The summed E-state index contributed by atoms with van der Waals surface area (Å²) in [7, 11) is 0. The molecule has 0 atom stereocenters. The topological polar surface area (TPSA) is 100 Å². The highest BCUT2D eigenvalue weighted by Crippen LogP contribution is 2.34. The van der Waals surface area contributed by atoms with E-state index in [0.717, 1.165) is 0 Å². The molecule has 8 heteroatoms. The maximum atomic E-state index is 13.7. The van der Waals surface area contributed by atoms with E-state index in [0.29, 0.717) is 52.3 Å². The second kappa shape index (κ2) is 8.98. The SMILES string of the molecule is Cc1[nH]c(/C=C2\C(=O)Nc3ccc(F)cc32)c(C)c1C(=O)NCCCC(=O)OC(C)(C)C. The van der Waals surface area contributed by atoms with Crippen LogP contribution in [0.1, 0.15) is 66.5 Å². The summed E-state index contributed by atoms with van der Waals surface area (Å²) in [5, 5.41) is 5.53. The molecule has 0 saturated heterocycles. The molecule has 0 fully saturated rings. The first kappa shape index (κ1) is 23.2. The number of H-pyrrole nitrogens is 1. The number of nitrogens with one attached hydrogen (secondary N) is 3. The highest BCUT2D eigenvalue weighted by molar-refractivity contribution is 6.34. The number of fused-ring (bicyclic) bond motifs is 1. The number of ether oxygens (including phenoxy) is 1. The standard InChI is InChI=1S/C24H28FN3O4/c1-13-19(12-17-16-11-15(25)8-9-18(16)28-22(17)30)27-14(2)21(13)23(31)26-10-6-7-20(29)32-24(3,4)5/h8-9,11-12,27H,6-7,10H2,1-5H3,(H,26,31)(H,28,30)/b17-12-. The van der Waals surface area contributed by atoms with E-state index < -0.39 is 11.4 Å². The number of hydrogen-bond donors (Lipinski definition) is 3. The quantitative estimate of drug-likeness (QED) is 0.357. The third-order valence-corrected chi connectivity index (χ3v) is 5.02. The van der Waals surface area contributed by atoms with Gasteiger partial charge in [-0.15, -0.1) is 0 Å². The molecule has 2 aromatic rings. The van der Waals surface area contributed by atoms with Crippen molar-refractivity contribution in [2.24, 2.45) is 0 Å². The van der Waals surface area contributed by atoms with E-state index in [1.807, 2.05) is 0 Å². The molecular weight excluding hydrogens is 413 g/mol. The average Bonchev–Trinajstić information content (AvgIpc) is 3.13. The number of hydrogen-bond acceptors (Lipinski definition) is 4. The summed E-state index contributed by atoms with van der Waals surface area (Å²) in [6.45, 7) is 9.30.